The maximum atomic E-state index is 13.9. The van der Waals surface area contributed by atoms with E-state index in [4.69, 9.17) is 14.2 Å². The first-order valence-corrected chi connectivity index (χ1v) is 11.1. The zero-order valence-electron chi connectivity index (χ0n) is 19.8. The van der Waals surface area contributed by atoms with Gasteiger partial charge < -0.3 is 19.1 Å². The van der Waals surface area contributed by atoms with Gasteiger partial charge in [0.15, 0.2) is 0 Å². The molecule has 1 saturated heterocycles. The van der Waals surface area contributed by atoms with Crippen LogP contribution in [0.2, 0.25) is 0 Å². The molecule has 0 aromatic heterocycles. The predicted octanol–water partition coefficient (Wildman–Crippen LogP) is 3.97. The highest BCUT2D eigenvalue weighted by Gasteiger charge is 2.44. The maximum absolute atomic E-state index is 13.9. The molecule has 4 rings (SSSR count). The van der Waals surface area contributed by atoms with Gasteiger partial charge in [0.25, 0.3) is 11.8 Å². The van der Waals surface area contributed by atoms with Crippen molar-refractivity contribution in [1.82, 2.24) is 4.90 Å². The zero-order valence-corrected chi connectivity index (χ0v) is 19.8. The Kier molecular flexibility index (Phi) is 6.31. The Morgan fingerprint density at radius 3 is 1.97 bits per heavy atom. The molecule has 0 bridgehead atoms. The van der Waals surface area contributed by atoms with E-state index in [1.807, 2.05) is 12.1 Å². The number of carbonyl (C=O) groups is 2. The summed E-state index contributed by atoms with van der Waals surface area (Å²) in [4.78, 5) is 31.0. The van der Waals surface area contributed by atoms with Crippen LogP contribution in [-0.2, 0) is 9.59 Å². The van der Waals surface area contributed by atoms with Gasteiger partial charge in [-0.2, -0.15) is 0 Å². The Hall–Kier alpha value is -3.48. The van der Waals surface area contributed by atoms with Crippen LogP contribution in [0.4, 0.5) is 5.69 Å². The minimum Gasteiger partial charge on any atom is -0.497 e. The van der Waals surface area contributed by atoms with Gasteiger partial charge in [0.1, 0.15) is 22.9 Å². The summed E-state index contributed by atoms with van der Waals surface area (Å²) < 4.78 is 16.1. The normalized spacial score (nSPS) is 21.0. The summed E-state index contributed by atoms with van der Waals surface area (Å²) in [6.07, 6.45) is 1.09. The van der Waals surface area contributed by atoms with E-state index in [-0.39, 0.29) is 11.8 Å². The standard InChI is InChI=1S/C26H30N2O5/c1-16-12-17(2)15-27(14-16)24-23(18-6-8-19(31-3)9-7-18)25(29)28(26(24)30)21-13-20(32-4)10-11-22(21)33-5/h6-11,13,16-17H,12,14-15H2,1-5H3. The molecule has 2 aliphatic heterocycles. The summed E-state index contributed by atoms with van der Waals surface area (Å²) >= 11 is 0. The Bertz CT molecular complexity index is 1080. The van der Waals surface area contributed by atoms with E-state index in [1.165, 1.54) is 12.0 Å². The molecular formula is C26H30N2O5. The number of hydrogen-bond donors (Lipinski definition) is 0. The summed E-state index contributed by atoms with van der Waals surface area (Å²) in [5.41, 5.74) is 1.88. The first-order chi connectivity index (χ1) is 15.9. The fraction of sp³-hybridized carbons (Fsp3) is 0.385. The van der Waals surface area contributed by atoms with E-state index in [9.17, 15) is 9.59 Å². The van der Waals surface area contributed by atoms with E-state index >= 15 is 0 Å². The Morgan fingerprint density at radius 2 is 1.39 bits per heavy atom. The topological polar surface area (TPSA) is 68.3 Å². The predicted molar refractivity (Wildman–Crippen MR) is 126 cm³/mol. The molecule has 2 aromatic carbocycles. The lowest BCUT2D eigenvalue weighted by atomic mass is 9.91. The number of likely N-dealkylation sites (tertiary alicyclic amines) is 1. The molecule has 0 saturated carbocycles. The lowest BCUT2D eigenvalue weighted by molar-refractivity contribution is -0.120. The lowest BCUT2D eigenvalue weighted by Gasteiger charge is -2.37. The fourth-order valence-electron chi connectivity index (χ4n) is 4.87. The van der Waals surface area contributed by atoms with E-state index in [2.05, 4.69) is 18.7 Å². The third-order valence-electron chi connectivity index (χ3n) is 6.25. The molecule has 33 heavy (non-hydrogen) atoms. The van der Waals surface area contributed by atoms with Gasteiger partial charge in [-0.3, -0.25) is 9.59 Å². The number of carbonyl (C=O) groups excluding carboxylic acids is 2. The van der Waals surface area contributed by atoms with Crippen LogP contribution in [-0.4, -0.2) is 51.1 Å². The number of rotatable bonds is 6. The molecule has 0 spiro atoms. The Morgan fingerprint density at radius 1 is 0.788 bits per heavy atom. The van der Waals surface area contributed by atoms with Crippen molar-refractivity contribution >= 4 is 23.1 Å². The fourth-order valence-corrected chi connectivity index (χ4v) is 4.87. The van der Waals surface area contributed by atoms with Gasteiger partial charge in [-0.15, -0.1) is 0 Å². The molecule has 2 aromatic rings. The molecule has 174 valence electrons. The molecule has 7 nitrogen and oxygen atoms in total. The Labute approximate surface area is 194 Å². The number of ether oxygens (including phenoxy) is 3. The van der Waals surface area contributed by atoms with E-state index in [0.29, 0.717) is 51.6 Å². The zero-order chi connectivity index (χ0) is 23.7. The average molecular weight is 451 g/mol. The summed E-state index contributed by atoms with van der Waals surface area (Å²) in [7, 11) is 4.66. The van der Waals surface area contributed by atoms with Crippen LogP contribution in [0.5, 0.6) is 17.2 Å². The lowest BCUT2D eigenvalue weighted by Crippen LogP contribution is -2.42. The minimum absolute atomic E-state index is 0.348. The highest BCUT2D eigenvalue weighted by molar-refractivity contribution is 6.45. The number of hydrogen-bond acceptors (Lipinski definition) is 6. The van der Waals surface area contributed by atoms with Crippen LogP contribution in [0.1, 0.15) is 25.8 Å². The number of nitrogens with zero attached hydrogens (tertiary/aromatic N) is 2. The number of anilines is 1. The summed E-state index contributed by atoms with van der Waals surface area (Å²) in [5.74, 6) is 1.75. The van der Waals surface area contributed by atoms with E-state index < -0.39 is 0 Å². The average Bonchev–Trinajstić information content (AvgIpc) is 3.07. The van der Waals surface area contributed by atoms with E-state index in [0.717, 1.165) is 19.5 Å². The third-order valence-corrected chi connectivity index (χ3v) is 6.25. The highest BCUT2D eigenvalue weighted by atomic mass is 16.5. The van der Waals surface area contributed by atoms with Gasteiger partial charge in [-0.1, -0.05) is 26.0 Å². The second-order valence-corrected chi connectivity index (χ2v) is 8.79. The third kappa shape index (κ3) is 4.15. The molecule has 0 radical (unpaired) electrons. The molecule has 2 unspecified atom stereocenters. The monoisotopic (exact) mass is 450 g/mol. The van der Waals surface area contributed by atoms with Crippen LogP contribution in [0.3, 0.4) is 0 Å². The van der Waals surface area contributed by atoms with Crippen LogP contribution in [0, 0.1) is 11.8 Å². The summed E-state index contributed by atoms with van der Waals surface area (Å²) in [5, 5.41) is 0. The molecule has 1 fully saturated rings. The van der Waals surface area contributed by atoms with Crippen molar-refractivity contribution < 1.29 is 23.8 Å². The van der Waals surface area contributed by atoms with Crippen molar-refractivity contribution in [2.24, 2.45) is 11.8 Å². The molecular weight excluding hydrogens is 420 g/mol. The van der Waals surface area contributed by atoms with Gasteiger partial charge in [0.2, 0.25) is 0 Å². The molecule has 0 N–H and O–H groups in total. The Balaban J connectivity index is 1.86. The van der Waals surface area contributed by atoms with Gasteiger partial charge in [0.05, 0.1) is 32.6 Å². The van der Waals surface area contributed by atoms with Crippen molar-refractivity contribution in [1.29, 1.82) is 0 Å². The van der Waals surface area contributed by atoms with Crippen molar-refractivity contribution in [2.75, 3.05) is 39.3 Å². The van der Waals surface area contributed by atoms with Crippen LogP contribution < -0.4 is 19.1 Å². The number of benzene rings is 2. The SMILES string of the molecule is COc1ccc(C2=C(N3CC(C)CC(C)C3)C(=O)N(c3cc(OC)ccc3OC)C2=O)cc1. The largest absolute Gasteiger partial charge is 0.497 e. The number of amides is 2. The van der Waals surface area contributed by atoms with Gasteiger partial charge in [-0.05, 0) is 48.1 Å². The van der Waals surface area contributed by atoms with E-state index in [1.54, 1.807) is 44.6 Å². The molecule has 2 amide bonds. The van der Waals surface area contributed by atoms with Crippen molar-refractivity contribution in [2.45, 2.75) is 20.3 Å². The van der Waals surface area contributed by atoms with Gasteiger partial charge in [-0.25, -0.2) is 4.90 Å². The number of imide groups is 1. The summed E-state index contributed by atoms with van der Waals surface area (Å²) in [6.45, 7) is 5.81. The molecule has 0 aliphatic carbocycles. The van der Waals surface area contributed by atoms with Gasteiger partial charge >= 0.3 is 0 Å². The first kappa shape index (κ1) is 22.7. The smallest absolute Gasteiger partial charge is 0.282 e. The van der Waals surface area contributed by atoms with Crippen LogP contribution in [0.25, 0.3) is 5.57 Å². The molecule has 2 aliphatic rings. The number of piperidine rings is 1. The maximum Gasteiger partial charge on any atom is 0.282 e. The quantitative estimate of drug-likeness (QED) is 0.621. The molecule has 2 heterocycles. The van der Waals surface area contributed by atoms with Crippen LogP contribution in [0.15, 0.2) is 48.2 Å². The summed E-state index contributed by atoms with van der Waals surface area (Å²) in [6, 6.07) is 12.3. The van der Waals surface area contributed by atoms with Crippen molar-refractivity contribution in [3.63, 3.8) is 0 Å². The van der Waals surface area contributed by atoms with Crippen molar-refractivity contribution in [3.8, 4) is 17.2 Å². The highest BCUT2D eigenvalue weighted by Crippen LogP contribution is 2.41. The van der Waals surface area contributed by atoms with Gasteiger partial charge in [0, 0.05) is 19.2 Å². The first-order valence-electron chi connectivity index (χ1n) is 11.1. The molecule has 2 atom stereocenters. The second-order valence-electron chi connectivity index (χ2n) is 8.79. The van der Waals surface area contributed by atoms with Crippen LogP contribution >= 0.6 is 0 Å². The minimum atomic E-state index is -0.377. The molecule has 7 heteroatoms. The number of methoxy groups -OCH3 is 3. The van der Waals surface area contributed by atoms with Crippen molar-refractivity contribution in [3.05, 3.63) is 53.7 Å². The second kappa shape index (κ2) is 9.17.